The van der Waals surface area contributed by atoms with Crippen LogP contribution < -0.4 is 5.32 Å². The van der Waals surface area contributed by atoms with E-state index in [1.54, 1.807) is 12.3 Å². The van der Waals surface area contributed by atoms with Gasteiger partial charge in [-0.2, -0.15) is 0 Å². The molecule has 5 nitrogen and oxygen atoms in total. The standard InChI is InChI=1S/C16H10Cl2N4OS/c17-12-6-11(7-13(18)8-12)14(23)20-16-22-21-15(24-16)19-9-10-4-2-1-3-5-10/h1-9H,(H,20,22,23)/b19-9+. The molecule has 0 radical (unpaired) electrons. The van der Waals surface area contributed by atoms with Crippen molar-refractivity contribution in [1.29, 1.82) is 0 Å². The molecule has 0 saturated heterocycles. The lowest BCUT2D eigenvalue weighted by molar-refractivity contribution is 0.102. The van der Waals surface area contributed by atoms with E-state index in [9.17, 15) is 4.79 Å². The van der Waals surface area contributed by atoms with Gasteiger partial charge >= 0.3 is 0 Å². The Bertz CT molecular complexity index is 876. The number of hydrogen-bond donors (Lipinski definition) is 1. The van der Waals surface area contributed by atoms with Crippen molar-refractivity contribution in [1.82, 2.24) is 10.2 Å². The van der Waals surface area contributed by atoms with Gasteiger partial charge in [0.05, 0.1) is 0 Å². The van der Waals surface area contributed by atoms with Crippen LogP contribution in [0.2, 0.25) is 10.0 Å². The molecule has 8 heteroatoms. The Balaban J connectivity index is 1.69. The molecule has 1 amide bonds. The summed E-state index contributed by atoms with van der Waals surface area (Å²) in [6.07, 6.45) is 1.68. The van der Waals surface area contributed by atoms with Gasteiger partial charge in [-0.25, -0.2) is 4.99 Å². The molecule has 120 valence electrons. The molecular formula is C16H10Cl2N4OS. The van der Waals surface area contributed by atoms with E-state index >= 15 is 0 Å². The minimum Gasteiger partial charge on any atom is -0.296 e. The number of carbonyl (C=O) groups excluding carboxylic acids is 1. The summed E-state index contributed by atoms with van der Waals surface area (Å²) in [4.78, 5) is 16.4. The van der Waals surface area contributed by atoms with Crippen molar-refractivity contribution in [2.75, 3.05) is 5.32 Å². The molecular weight excluding hydrogens is 367 g/mol. The first-order valence-corrected chi connectivity index (χ1v) is 8.37. The Hall–Kier alpha value is -2.28. The van der Waals surface area contributed by atoms with Gasteiger partial charge < -0.3 is 0 Å². The molecule has 3 aromatic rings. The van der Waals surface area contributed by atoms with Gasteiger partial charge in [-0.1, -0.05) is 64.9 Å². The maximum Gasteiger partial charge on any atom is 0.257 e. The second-order valence-corrected chi connectivity index (χ2v) is 6.50. The molecule has 0 aliphatic rings. The number of aromatic nitrogens is 2. The average molecular weight is 377 g/mol. The Kier molecular flexibility index (Phi) is 5.20. The fraction of sp³-hybridized carbons (Fsp3) is 0. The van der Waals surface area contributed by atoms with Gasteiger partial charge in [0.25, 0.3) is 5.91 Å². The Labute approximate surface area is 152 Å². The predicted octanol–water partition coefficient (Wildman–Crippen LogP) is 4.85. The van der Waals surface area contributed by atoms with Crippen LogP contribution in [0.25, 0.3) is 0 Å². The van der Waals surface area contributed by atoms with Crippen molar-refractivity contribution in [2.45, 2.75) is 0 Å². The highest BCUT2D eigenvalue weighted by molar-refractivity contribution is 7.18. The highest BCUT2D eigenvalue weighted by Crippen LogP contribution is 2.24. The normalized spacial score (nSPS) is 10.9. The lowest BCUT2D eigenvalue weighted by Gasteiger charge is -2.02. The second kappa shape index (κ2) is 7.53. The van der Waals surface area contributed by atoms with Crippen molar-refractivity contribution < 1.29 is 4.79 Å². The Morgan fingerprint density at radius 3 is 2.50 bits per heavy atom. The van der Waals surface area contributed by atoms with Crippen LogP contribution in [0.5, 0.6) is 0 Å². The van der Waals surface area contributed by atoms with E-state index in [0.717, 1.165) is 5.56 Å². The summed E-state index contributed by atoms with van der Waals surface area (Å²) in [5, 5.41) is 12.0. The number of nitrogens with zero attached hydrogens (tertiary/aromatic N) is 3. The van der Waals surface area contributed by atoms with Crippen molar-refractivity contribution in [3.63, 3.8) is 0 Å². The van der Waals surface area contributed by atoms with Gasteiger partial charge in [-0.05, 0) is 23.8 Å². The first-order chi connectivity index (χ1) is 11.6. The van der Waals surface area contributed by atoms with Crippen molar-refractivity contribution >= 4 is 56.9 Å². The van der Waals surface area contributed by atoms with Crippen LogP contribution in [0.15, 0.2) is 53.5 Å². The second-order valence-electron chi connectivity index (χ2n) is 4.67. The molecule has 0 aliphatic heterocycles. The fourth-order valence-electron chi connectivity index (χ4n) is 1.84. The summed E-state index contributed by atoms with van der Waals surface area (Å²) in [5.74, 6) is -0.367. The van der Waals surface area contributed by atoms with Crippen molar-refractivity contribution in [2.24, 2.45) is 4.99 Å². The average Bonchev–Trinajstić information content (AvgIpc) is 3.00. The predicted molar refractivity (Wildman–Crippen MR) is 98.0 cm³/mol. The zero-order valence-corrected chi connectivity index (χ0v) is 14.4. The number of halogens is 2. The molecule has 0 aliphatic carbocycles. The molecule has 0 bridgehead atoms. The number of carbonyl (C=O) groups is 1. The Morgan fingerprint density at radius 1 is 1.08 bits per heavy atom. The maximum atomic E-state index is 12.2. The SMILES string of the molecule is O=C(Nc1nnc(/N=C/c2ccccc2)s1)c1cc(Cl)cc(Cl)c1. The van der Waals surface area contributed by atoms with Gasteiger partial charge in [0, 0.05) is 21.8 Å². The number of hydrogen-bond acceptors (Lipinski definition) is 5. The number of benzene rings is 2. The molecule has 0 unspecified atom stereocenters. The molecule has 0 spiro atoms. The molecule has 1 heterocycles. The smallest absolute Gasteiger partial charge is 0.257 e. The first-order valence-electron chi connectivity index (χ1n) is 6.80. The van der Waals surface area contributed by atoms with Crippen molar-refractivity contribution in [3.05, 3.63) is 69.7 Å². The van der Waals surface area contributed by atoms with Gasteiger partial charge in [0.15, 0.2) is 0 Å². The van der Waals surface area contributed by atoms with Gasteiger partial charge in [-0.15, -0.1) is 10.2 Å². The van der Waals surface area contributed by atoms with E-state index in [0.29, 0.717) is 25.9 Å². The Morgan fingerprint density at radius 2 is 1.79 bits per heavy atom. The number of anilines is 1. The van der Waals surface area contributed by atoms with Crippen LogP contribution in [0.3, 0.4) is 0 Å². The highest BCUT2D eigenvalue weighted by atomic mass is 35.5. The number of amides is 1. The molecule has 0 fully saturated rings. The van der Waals surface area contributed by atoms with E-state index in [1.165, 1.54) is 23.5 Å². The third-order valence-corrected chi connectivity index (χ3v) is 4.07. The number of nitrogens with one attached hydrogen (secondary N) is 1. The molecule has 0 atom stereocenters. The zero-order valence-electron chi connectivity index (χ0n) is 12.1. The quantitative estimate of drug-likeness (QED) is 0.661. The van der Waals surface area contributed by atoms with Crippen LogP contribution in [0.4, 0.5) is 10.3 Å². The van der Waals surface area contributed by atoms with E-state index in [-0.39, 0.29) is 5.91 Å². The third kappa shape index (κ3) is 4.38. The monoisotopic (exact) mass is 376 g/mol. The van der Waals surface area contributed by atoms with Crippen LogP contribution >= 0.6 is 34.5 Å². The van der Waals surface area contributed by atoms with Gasteiger partial charge in [0.2, 0.25) is 10.3 Å². The van der Waals surface area contributed by atoms with Crippen LogP contribution in [0, 0.1) is 0 Å². The van der Waals surface area contributed by atoms with Gasteiger partial charge in [-0.3, -0.25) is 10.1 Å². The lowest BCUT2D eigenvalue weighted by atomic mass is 10.2. The molecule has 1 aromatic heterocycles. The van der Waals surface area contributed by atoms with E-state index in [1.807, 2.05) is 30.3 Å². The summed E-state index contributed by atoms with van der Waals surface area (Å²) in [6, 6.07) is 14.2. The van der Waals surface area contributed by atoms with E-state index in [4.69, 9.17) is 23.2 Å². The van der Waals surface area contributed by atoms with Crippen molar-refractivity contribution in [3.8, 4) is 0 Å². The third-order valence-electron chi connectivity index (χ3n) is 2.88. The highest BCUT2D eigenvalue weighted by Gasteiger charge is 2.11. The molecule has 1 N–H and O–H groups in total. The van der Waals surface area contributed by atoms with E-state index in [2.05, 4.69) is 20.5 Å². The van der Waals surface area contributed by atoms with Gasteiger partial charge in [0.1, 0.15) is 0 Å². The van der Waals surface area contributed by atoms with Crippen LogP contribution in [-0.2, 0) is 0 Å². The summed E-state index contributed by atoms with van der Waals surface area (Å²) >= 11 is 12.9. The number of aliphatic imine (C=N–C) groups is 1. The summed E-state index contributed by atoms with van der Waals surface area (Å²) < 4.78 is 0. The molecule has 24 heavy (non-hydrogen) atoms. The largest absolute Gasteiger partial charge is 0.296 e. The zero-order chi connectivity index (χ0) is 16.9. The van der Waals surface area contributed by atoms with Crippen LogP contribution in [-0.4, -0.2) is 22.3 Å². The minimum atomic E-state index is -0.367. The molecule has 0 saturated carbocycles. The number of rotatable bonds is 4. The summed E-state index contributed by atoms with van der Waals surface area (Å²) in [5.41, 5.74) is 1.30. The van der Waals surface area contributed by atoms with E-state index < -0.39 is 0 Å². The summed E-state index contributed by atoms with van der Waals surface area (Å²) in [6.45, 7) is 0. The minimum absolute atomic E-state index is 0.344. The first kappa shape index (κ1) is 16.6. The topological polar surface area (TPSA) is 67.2 Å². The van der Waals surface area contributed by atoms with Crippen LogP contribution in [0.1, 0.15) is 15.9 Å². The summed E-state index contributed by atoms with van der Waals surface area (Å²) in [7, 11) is 0. The lowest BCUT2D eigenvalue weighted by Crippen LogP contribution is -2.11. The maximum absolute atomic E-state index is 12.2. The fourth-order valence-corrected chi connectivity index (χ4v) is 2.95. The molecule has 3 rings (SSSR count). The molecule has 2 aromatic carbocycles.